The summed E-state index contributed by atoms with van der Waals surface area (Å²) in [6.07, 6.45) is 1.11. The molecule has 0 spiro atoms. The van der Waals surface area contributed by atoms with Crippen molar-refractivity contribution in [3.05, 3.63) is 54.1 Å². The monoisotopic (exact) mass is 456 g/mol. The average molecular weight is 457 g/mol. The van der Waals surface area contributed by atoms with Gasteiger partial charge in [0.25, 0.3) is 5.91 Å². The number of hydrazone groups is 1. The molecular formula is C21H20N4O4S2. The summed E-state index contributed by atoms with van der Waals surface area (Å²) in [5.74, 6) is -1.86. The fourth-order valence-electron chi connectivity index (χ4n) is 2.70. The molecule has 0 aliphatic carbocycles. The molecule has 0 saturated carbocycles. The molecule has 1 aliphatic heterocycles. The Morgan fingerprint density at radius 2 is 1.90 bits per heavy atom. The Bertz CT molecular complexity index is 1020. The number of aryl methyl sites for hydroxylation is 1. The molecule has 2 aromatic carbocycles. The predicted octanol–water partition coefficient (Wildman–Crippen LogP) is 2.26. The van der Waals surface area contributed by atoms with Crippen molar-refractivity contribution < 1.29 is 19.1 Å². The van der Waals surface area contributed by atoms with Crippen LogP contribution in [-0.4, -0.2) is 41.9 Å². The van der Waals surface area contributed by atoms with Crippen molar-refractivity contribution in [2.45, 2.75) is 11.8 Å². The molecule has 0 radical (unpaired) electrons. The largest absolute Gasteiger partial charge is 0.497 e. The Labute approximate surface area is 189 Å². The van der Waals surface area contributed by atoms with Crippen molar-refractivity contribution in [3.8, 4) is 5.75 Å². The van der Waals surface area contributed by atoms with Gasteiger partial charge in [-0.15, -0.1) is 11.8 Å². The summed E-state index contributed by atoms with van der Waals surface area (Å²) >= 11 is 6.47. The van der Waals surface area contributed by atoms with Crippen LogP contribution in [-0.2, 0) is 14.4 Å². The maximum Gasteiger partial charge on any atom is 0.251 e. The highest BCUT2D eigenvalue weighted by molar-refractivity contribution is 8.00. The van der Waals surface area contributed by atoms with E-state index in [2.05, 4.69) is 15.8 Å². The Morgan fingerprint density at radius 3 is 2.55 bits per heavy atom. The van der Waals surface area contributed by atoms with E-state index in [0.717, 1.165) is 22.4 Å². The second-order valence-electron chi connectivity index (χ2n) is 6.56. The topological polar surface area (TPSA) is 100 Å². The fourth-order valence-corrected chi connectivity index (χ4v) is 3.68. The van der Waals surface area contributed by atoms with Gasteiger partial charge in [0.15, 0.2) is 11.0 Å². The van der Waals surface area contributed by atoms with Gasteiger partial charge in [-0.05, 0) is 55.5 Å². The van der Waals surface area contributed by atoms with E-state index in [1.807, 2.05) is 31.2 Å². The van der Waals surface area contributed by atoms with Gasteiger partial charge in [0.05, 0.1) is 18.6 Å². The maximum atomic E-state index is 12.8. The van der Waals surface area contributed by atoms with Crippen LogP contribution in [0.15, 0.2) is 58.5 Å². The van der Waals surface area contributed by atoms with Crippen LogP contribution < -0.4 is 20.4 Å². The van der Waals surface area contributed by atoms with Gasteiger partial charge in [0, 0.05) is 11.1 Å². The summed E-state index contributed by atoms with van der Waals surface area (Å²) in [5.41, 5.74) is 3.90. The summed E-state index contributed by atoms with van der Waals surface area (Å²) in [6.45, 7) is 1.92. The lowest BCUT2D eigenvalue weighted by Gasteiger charge is -2.30. The lowest BCUT2D eigenvalue weighted by atomic mass is 10.1. The molecule has 1 atom stereocenters. The molecule has 10 heteroatoms. The molecule has 160 valence electrons. The van der Waals surface area contributed by atoms with E-state index in [0.29, 0.717) is 5.69 Å². The number of methoxy groups -OCH3 is 1. The first-order chi connectivity index (χ1) is 14.9. The number of thiocarbonyl (C=S) groups is 1. The van der Waals surface area contributed by atoms with Gasteiger partial charge in [0.1, 0.15) is 5.75 Å². The molecule has 3 amide bonds. The maximum absolute atomic E-state index is 12.8. The van der Waals surface area contributed by atoms with Crippen molar-refractivity contribution in [1.82, 2.24) is 10.7 Å². The van der Waals surface area contributed by atoms with Crippen molar-refractivity contribution in [1.29, 1.82) is 0 Å². The van der Waals surface area contributed by atoms with E-state index in [4.69, 9.17) is 17.0 Å². The minimum atomic E-state index is -1.21. The quantitative estimate of drug-likeness (QED) is 0.218. The molecule has 31 heavy (non-hydrogen) atoms. The van der Waals surface area contributed by atoms with E-state index in [-0.39, 0.29) is 16.8 Å². The van der Waals surface area contributed by atoms with Crippen LogP contribution in [0.1, 0.15) is 5.56 Å². The molecule has 1 saturated heterocycles. The van der Waals surface area contributed by atoms with Crippen LogP contribution in [0.5, 0.6) is 5.75 Å². The molecule has 0 aromatic heterocycles. The summed E-state index contributed by atoms with van der Waals surface area (Å²) in [7, 11) is 1.58. The average Bonchev–Trinajstić information content (AvgIpc) is 2.76. The SMILES string of the molecule is COc1ccc(SCC(=O)N/N=C\[C@@H]2C(=O)NC(=S)N(c3ccc(C)cc3)C2=O)cc1. The van der Waals surface area contributed by atoms with Crippen LogP contribution in [0.25, 0.3) is 0 Å². The molecule has 1 heterocycles. The van der Waals surface area contributed by atoms with Gasteiger partial charge in [-0.25, -0.2) is 5.43 Å². The Balaban J connectivity index is 1.58. The first kappa shape index (κ1) is 22.4. The number of hydrogen-bond acceptors (Lipinski definition) is 7. The Hall–Kier alpha value is -3.24. The highest BCUT2D eigenvalue weighted by Crippen LogP contribution is 2.22. The lowest BCUT2D eigenvalue weighted by molar-refractivity contribution is -0.130. The van der Waals surface area contributed by atoms with E-state index in [1.165, 1.54) is 16.7 Å². The summed E-state index contributed by atoms with van der Waals surface area (Å²) in [5, 5.41) is 6.29. The number of thioether (sulfide) groups is 1. The highest BCUT2D eigenvalue weighted by atomic mass is 32.2. The van der Waals surface area contributed by atoms with Crippen molar-refractivity contribution in [3.63, 3.8) is 0 Å². The van der Waals surface area contributed by atoms with Crippen LogP contribution in [0.3, 0.4) is 0 Å². The predicted molar refractivity (Wildman–Crippen MR) is 123 cm³/mol. The van der Waals surface area contributed by atoms with E-state index >= 15 is 0 Å². The van der Waals surface area contributed by atoms with E-state index in [9.17, 15) is 14.4 Å². The van der Waals surface area contributed by atoms with Gasteiger partial charge < -0.3 is 10.1 Å². The number of hydrogen-bond donors (Lipinski definition) is 2. The second kappa shape index (κ2) is 10.2. The summed E-state index contributed by atoms with van der Waals surface area (Å²) in [6, 6.07) is 14.4. The number of benzene rings is 2. The standard InChI is InChI=1S/C21H20N4O4S2/c1-13-3-5-14(6-4-13)25-20(28)17(19(27)23-21(25)30)11-22-24-18(26)12-31-16-9-7-15(29-2)8-10-16/h3-11,17H,12H2,1-2H3,(H,24,26)(H,23,27,30)/b22-11-/t17-/m1/s1. The Morgan fingerprint density at radius 1 is 1.23 bits per heavy atom. The normalized spacial score (nSPS) is 16.4. The third-order valence-electron chi connectivity index (χ3n) is 4.34. The molecule has 2 N–H and O–H groups in total. The molecule has 1 fully saturated rings. The third kappa shape index (κ3) is 5.68. The molecule has 1 aliphatic rings. The summed E-state index contributed by atoms with van der Waals surface area (Å²) < 4.78 is 5.09. The zero-order valence-electron chi connectivity index (χ0n) is 16.8. The number of carbonyl (C=O) groups excluding carboxylic acids is 3. The minimum absolute atomic E-state index is 0.00318. The van der Waals surface area contributed by atoms with Crippen molar-refractivity contribution >= 4 is 58.7 Å². The zero-order valence-corrected chi connectivity index (χ0v) is 18.5. The first-order valence-corrected chi connectivity index (χ1v) is 10.6. The number of amides is 3. The molecule has 0 bridgehead atoms. The van der Waals surface area contributed by atoms with Gasteiger partial charge in [-0.3, -0.25) is 19.3 Å². The van der Waals surface area contributed by atoms with Gasteiger partial charge >= 0.3 is 0 Å². The number of carbonyl (C=O) groups is 3. The lowest BCUT2D eigenvalue weighted by Crippen LogP contribution is -2.58. The molecule has 2 aromatic rings. The molecular weight excluding hydrogens is 436 g/mol. The van der Waals surface area contributed by atoms with Crippen LogP contribution in [0.4, 0.5) is 5.69 Å². The highest BCUT2D eigenvalue weighted by Gasteiger charge is 2.38. The number of nitrogens with one attached hydrogen (secondary N) is 2. The summed E-state index contributed by atoms with van der Waals surface area (Å²) in [4.78, 5) is 39.2. The van der Waals surface area contributed by atoms with Crippen molar-refractivity contribution in [2.75, 3.05) is 17.8 Å². The van der Waals surface area contributed by atoms with Gasteiger partial charge in [-0.1, -0.05) is 17.7 Å². The van der Waals surface area contributed by atoms with Crippen LogP contribution in [0, 0.1) is 12.8 Å². The fraction of sp³-hybridized carbons (Fsp3) is 0.190. The van der Waals surface area contributed by atoms with Crippen LogP contribution in [0.2, 0.25) is 0 Å². The Kier molecular flexibility index (Phi) is 7.37. The molecule has 0 unspecified atom stereocenters. The van der Waals surface area contributed by atoms with Gasteiger partial charge in [-0.2, -0.15) is 5.10 Å². The minimum Gasteiger partial charge on any atom is -0.497 e. The van der Waals surface area contributed by atoms with Crippen LogP contribution >= 0.6 is 24.0 Å². The number of ether oxygens (including phenoxy) is 1. The van der Waals surface area contributed by atoms with E-state index in [1.54, 1.807) is 31.4 Å². The second-order valence-corrected chi connectivity index (χ2v) is 7.99. The van der Waals surface area contributed by atoms with Crippen molar-refractivity contribution in [2.24, 2.45) is 11.0 Å². The molecule has 8 nitrogen and oxygen atoms in total. The number of anilines is 1. The zero-order chi connectivity index (χ0) is 22.4. The number of nitrogens with zero attached hydrogens (tertiary/aromatic N) is 2. The van der Waals surface area contributed by atoms with E-state index < -0.39 is 17.7 Å². The van der Waals surface area contributed by atoms with Gasteiger partial charge in [0.2, 0.25) is 11.8 Å². The third-order valence-corrected chi connectivity index (χ3v) is 5.63. The number of rotatable bonds is 7. The smallest absolute Gasteiger partial charge is 0.251 e. The molecule has 3 rings (SSSR count). The first-order valence-electron chi connectivity index (χ1n) is 9.23.